The maximum Gasteiger partial charge on any atom is 0.491 e. The van der Waals surface area contributed by atoms with Gasteiger partial charge in [-0.3, -0.25) is 0 Å². The number of benzene rings is 2. The third-order valence-electron chi connectivity index (χ3n) is 3.17. The largest absolute Gasteiger partial charge is 0.507 e. The summed E-state index contributed by atoms with van der Waals surface area (Å²) in [6.07, 6.45) is 0. The van der Waals surface area contributed by atoms with Gasteiger partial charge >= 0.3 is 7.12 Å². The van der Waals surface area contributed by atoms with Gasteiger partial charge in [-0.2, -0.15) is 0 Å². The quantitative estimate of drug-likeness (QED) is 0.633. The Morgan fingerprint density at radius 2 is 1.85 bits per heavy atom. The SMILES string of the molecule is OB(O)c1cccc(-c2cc3ccsc3cc2O)c1F. The number of rotatable bonds is 2. The number of aromatic hydroxyl groups is 1. The van der Waals surface area contributed by atoms with Gasteiger partial charge in [-0.1, -0.05) is 18.2 Å². The topological polar surface area (TPSA) is 60.7 Å². The average molecular weight is 288 g/mol. The number of hydrogen-bond acceptors (Lipinski definition) is 4. The molecule has 3 rings (SSSR count). The molecule has 0 aliphatic rings. The maximum atomic E-state index is 14.3. The molecule has 0 aliphatic heterocycles. The molecular formula is C14H10BFO3S. The van der Waals surface area contributed by atoms with Crippen molar-refractivity contribution in [2.24, 2.45) is 0 Å². The van der Waals surface area contributed by atoms with Crippen molar-refractivity contribution in [2.45, 2.75) is 0 Å². The van der Waals surface area contributed by atoms with Crippen molar-refractivity contribution < 1.29 is 19.5 Å². The Morgan fingerprint density at radius 3 is 2.60 bits per heavy atom. The second-order valence-corrected chi connectivity index (χ2v) is 5.36. The van der Waals surface area contributed by atoms with Gasteiger partial charge in [-0.25, -0.2) is 4.39 Å². The van der Waals surface area contributed by atoms with Gasteiger partial charge in [0.15, 0.2) is 0 Å². The third-order valence-corrected chi connectivity index (χ3v) is 4.05. The molecule has 6 heteroatoms. The average Bonchev–Trinajstić information content (AvgIpc) is 2.85. The van der Waals surface area contributed by atoms with Gasteiger partial charge in [0.25, 0.3) is 0 Å². The monoisotopic (exact) mass is 288 g/mol. The molecule has 0 bridgehead atoms. The molecule has 0 aliphatic carbocycles. The Labute approximate surface area is 118 Å². The number of halogens is 1. The Balaban J connectivity index is 2.25. The molecule has 1 heterocycles. The van der Waals surface area contributed by atoms with Gasteiger partial charge in [0.1, 0.15) is 11.6 Å². The van der Waals surface area contributed by atoms with E-state index in [1.807, 2.05) is 11.4 Å². The maximum absolute atomic E-state index is 14.3. The van der Waals surface area contributed by atoms with Crippen LogP contribution in [0.15, 0.2) is 41.8 Å². The molecule has 0 saturated carbocycles. The van der Waals surface area contributed by atoms with Crippen molar-refractivity contribution in [1.82, 2.24) is 0 Å². The van der Waals surface area contributed by atoms with Crippen molar-refractivity contribution in [3.63, 3.8) is 0 Å². The lowest BCUT2D eigenvalue weighted by Crippen LogP contribution is -2.32. The lowest BCUT2D eigenvalue weighted by atomic mass is 9.78. The van der Waals surface area contributed by atoms with E-state index in [0.29, 0.717) is 5.56 Å². The molecule has 3 aromatic rings. The van der Waals surface area contributed by atoms with E-state index in [1.54, 1.807) is 12.1 Å². The van der Waals surface area contributed by atoms with Crippen molar-refractivity contribution in [1.29, 1.82) is 0 Å². The summed E-state index contributed by atoms with van der Waals surface area (Å²) in [4.78, 5) is 0. The van der Waals surface area contributed by atoms with E-state index in [4.69, 9.17) is 10.0 Å². The van der Waals surface area contributed by atoms with Crippen LogP contribution in [-0.2, 0) is 0 Å². The van der Waals surface area contributed by atoms with Gasteiger partial charge in [0.05, 0.1) is 0 Å². The van der Waals surface area contributed by atoms with Crippen LogP contribution in [0.3, 0.4) is 0 Å². The van der Waals surface area contributed by atoms with Crippen LogP contribution in [0.25, 0.3) is 21.2 Å². The lowest BCUT2D eigenvalue weighted by Gasteiger charge is -2.10. The molecule has 2 aromatic carbocycles. The summed E-state index contributed by atoms with van der Waals surface area (Å²) in [5, 5.41) is 31.1. The minimum atomic E-state index is -1.89. The number of phenolic OH excluding ortho intramolecular Hbond substituents is 1. The van der Waals surface area contributed by atoms with E-state index in [2.05, 4.69) is 0 Å². The first-order valence-corrected chi connectivity index (χ1v) is 6.81. The van der Waals surface area contributed by atoms with Gasteiger partial charge in [0.2, 0.25) is 0 Å². The number of fused-ring (bicyclic) bond motifs is 1. The highest BCUT2D eigenvalue weighted by molar-refractivity contribution is 7.17. The fourth-order valence-electron chi connectivity index (χ4n) is 2.17. The van der Waals surface area contributed by atoms with Crippen LogP contribution in [0.1, 0.15) is 0 Å². The van der Waals surface area contributed by atoms with Crippen LogP contribution in [0, 0.1) is 5.82 Å². The molecule has 100 valence electrons. The molecule has 0 radical (unpaired) electrons. The van der Waals surface area contributed by atoms with Crippen LogP contribution >= 0.6 is 11.3 Å². The zero-order valence-electron chi connectivity index (χ0n) is 10.2. The van der Waals surface area contributed by atoms with Gasteiger partial charge in [-0.05, 0) is 29.0 Å². The summed E-state index contributed by atoms with van der Waals surface area (Å²) >= 11 is 1.48. The molecule has 1 aromatic heterocycles. The highest BCUT2D eigenvalue weighted by Crippen LogP contribution is 2.36. The Kier molecular flexibility index (Phi) is 3.21. The fraction of sp³-hybridized carbons (Fsp3) is 0. The molecule has 0 unspecified atom stereocenters. The Bertz CT molecular complexity index is 785. The molecule has 3 N–H and O–H groups in total. The van der Waals surface area contributed by atoms with Crippen molar-refractivity contribution in [3.8, 4) is 16.9 Å². The first kappa shape index (κ1) is 13.1. The van der Waals surface area contributed by atoms with E-state index in [1.165, 1.54) is 29.5 Å². The van der Waals surface area contributed by atoms with Gasteiger partial charge in [0, 0.05) is 21.3 Å². The van der Waals surface area contributed by atoms with E-state index in [-0.39, 0.29) is 16.8 Å². The predicted molar refractivity (Wildman–Crippen MR) is 78.7 cm³/mol. The third kappa shape index (κ3) is 2.08. The predicted octanol–water partition coefficient (Wildman–Crippen LogP) is 2.09. The number of phenols is 1. The summed E-state index contributed by atoms with van der Waals surface area (Å²) in [6, 6.07) is 9.46. The fourth-order valence-corrected chi connectivity index (χ4v) is 2.98. The standard InChI is InChI=1S/C14H10BFO3S/c16-14-9(2-1-3-11(14)15(18)19)10-6-8-4-5-20-13(8)7-12(10)17/h1-7,17-19H. The lowest BCUT2D eigenvalue weighted by molar-refractivity contribution is 0.423. The molecule has 20 heavy (non-hydrogen) atoms. The minimum absolute atomic E-state index is 0.0385. The van der Waals surface area contributed by atoms with Crippen molar-refractivity contribution >= 4 is 34.0 Å². The first-order valence-electron chi connectivity index (χ1n) is 5.93. The zero-order valence-corrected chi connectivity index (χ0v) is 11.1. The van der Waals surface area contributed by atoms with E-state index in [9.17, 15) is 9.50 Å². The molecule has 0 saturated heterocycles. The van der Waals surface area contributed by atoms with Crippen LogP contribution in [-0.4, -0.2) is 22.3 Å². The van der Waals surface area contributed by atoms with Crippen LogP contribution in [0.5, 0.6) is 5.75 Å². The molecule has 0 atom stereocenters. The summed E-state index contributed by atoms with van der Waals surface area (Å²) in [5.41, 5.74) is 0.254. The highest BCUT2D eigenvalue weighted by Gasteiger charge is 2.20. The van der Waals surface area contributed by atoms with Crippen LogP contribution < -0.4 is 5.46 Å². The Hall–Kier alpha value is -1.89. The van der Waals surface area contributed by atoms with E-state index in [0.717, 1.165) is 10.1 Å². The normalized spacial score (nSPS) is 10.9. The van der Waals surface area contributed by atoms with Gasteiger partial charge in [-0.15, -0.1) is 11.3 Å². The van der Waals surface area contributed by atoms with Crippen LogP contribution in [0.2, 0.25) is 0 Å². The molecule has 3 nitrogen and oxygen atoms in total. The molecule has 0 spiro atoms. The second-order valence-electron chi connectivity index (χ2n) is 4.41. The van der Waals surface area contributed by atoms with Crippen molar-refractivity contribution in [3.05, 3.63) is 47.6 Å². The molecule has 0 amide bonds. The zero-order chi connectivity index (χ0) is 14.3. The first-order chi connectivity index (χ1) is 9.58. The minimum Gasteiger partial charge on any atom is -0.507 e. The van der Waals surface area contributed by atoms with Crippen LogP contribution in [0.4, 0.5) is 4.39 Å². The molecule has 0 fully saturated rings. The number of thiophene rings is 1. The summed E-state index contributed by atoms with van der Waals surface area (Å²) in [7, 11) is -1.89. The second kappa shape index (κ2) is 4.90. The summed E-state index contributed by atoms with van der Waals surface area (Å²) in [6.45, 7) is 0. The summed E-state index contributed by atoms with van der Waals surface area (Å²) < 4.78 is 15.2. The number of hydrogen-bond donors (Lipinski definition) is 3. The molecular weight excluding hydrogens is 278 g/mol. The van der Waals surface area contributed by atoms with E-state index >= 15 is 0 Å². The van der Waals surface area contributed by atoms with Gasteiger partial charge < -0.3 is 15.2 Å². The highest BCUT2D eigenvalue weighted by atomic mass is 32.1. The smallest absolute Gasteiger partial charge is 0.491 e. The Morgan fingerprint density at radius 1 is 1.05 bits per heavy atom. The van der Waals surface area contributed by atoms with Crippen molar-refractivity contribution in [2.75, 3.05) is 0 Å². The summed E-state index contributed by atoms with van der Waals surface area (Å²) in [5.74, 6) is -0.782. The van der Waals surface area contributed by atoms with E-state index < -0.39 is 12.9 Å².